The number of hydrogen-bond donors (Lipinski definition) is 1. The number of hydrogen-bond acceptors (Lipinski definition) is 5. The Morgan fingerprint density at radius 1 is 1.31 bits per heavy atom. The van der Waals surface area contributed by atoms with E-state index in [9.17, 15) is 4.79 Å². The Morgan fingerprint density at radius 3 is 2.58 bits per heavy atom. The van der Waals surface area contributed by atoms with Crippen LogP contribution in [0.2, 0.25) is 0 Å². The molecule has 0 radical (unpaired) electrons. The molecule has 6 heteroatoms. The average Bonchev–Trinajstić information content (AvgIpc) is 3.20. The highest BCUT2D eigenvalue weighted by molar-refractivity contribution is 5.94. The number of benzene rings is 1. The van der Waals surface area contributed by atoms with Crippen molar-refractivity contribution in [1.82, 2.24) is 15.0 Å². The van der Waals surface area contributed by atoms with Crippen LogP contribution in [0, 0.1) is 10.8 Å². The lowest BCUT2D eigenvalue weighted by Crippen LogP contribution is -2.34. The van der Waals surface area contributed by atoms with E-state index in [2.05, 4.69) is 37.8 Å². The minimum Gasteiger partial charge on any atom is -0.339 e. The van der Waals surface area contributed by atoms with Gasteiger partial charge in [0.2, 0.25) is 11.7 Å². The van der Waals surface area contributed by atoms with Crippen molar-refractivity contribution in [1.29, 1.82) is 0 Å². The topological polar surface area (TPSA) is 85.2 Å². The van der Waals surface area contributed by atoms with E-state index in [1.54, 1.807) is 0 Å². The second-order valence-electron chi connectivity index (χ2n) is 8.82. The molecule has 1 unspecified atom stereocenters. The van der Waals surface area contributed by atoms with E-state index < -0.39 is 0 Å². The van der Waals surface area contributed by atoms with Crippen LogP contribution in [0.15, 0.2) is 28.8 Å². The summed E-state index contributed by atoms with van der Waals surface area (Å²) < 4.78 is 5.34. The van der Waals surface area contributed by atoms with Gasteiger partial charge >= 0.3 is 0 Å². The van der Waals surface area contributed by atoms with Crippen molar-refractivity contribution in [2.75, 3.05) is 19.6 Å². The average molecular weight is 356 g/mol. The lowest BCUT2D eigenvalue weighted by molar-refractivity contribution is 0.0777. The predicted octanol–water partition coefficient (Wildman–Crippen LogP) is 3.14. The number of rotatable bonds is 4. The van der Waals surface area contributed by atoms with E-state index >= 15 is 0 Å². The third-order valence-corrected chi connectivity index (χ3v) is 4.88. The van der Waals surface area contributed by atoms with Crippen molar-refractivity contribution in [2.45, 2.75) is 40.5 Å². The van der Waals surface area contributed by atoms with Gasteiger partial charge in [-0.05, 0) is 35.9 Å². The van der Waals surface area contributed by atoms with Gasteiger partial charge < -0.3 is 15.2 Å². The molecule has 0 saturated carbocycles. The minimum absolute atomic E-state index is 0.0314. The molecule has 1 saturated heterocycles. The van der Waals surface area contributed by atoms with Gasteiger partial charge in [-0.25, -0.2) is 0 Å². The van der Waals surface area contributed by atoms with Gasteiger partial charge in [0.05, 0.1) is 0 Å². The quantitative estimate of drug-likeness (QED) is 0.909. The van der Waals surface area contributed by atoms with Gasteiger partial charge in [0.25, 0.3) is 5.91 Å². The Kier molecular flexibility index (Phi) is 4.88. The molecule has 2 heterocycles. The SMILES string of the molecule is CC(C)(C)Cc1nc(-c2ccc(C(=O)N3CCC(C)(CN)C3)cc2)no1. The minimum atomic E-state index is 0.0314. The van der Waals surface area contributed by atoms with Crippen LogP contribution in [0.3, 0.4) is 0 Å². The fourth-order valence-electron chi connectivity index (χ4n) is 3.21. The molecule has 1 aromatic carbocycles. The number of aromatic nitrogens is 2. The molecule has 6 nitrogen and oxygen atoms in total. The molecule has 0 aliphatic carbocycles. The monoisotopic (exact) mass is 356 g/mol. The van der Waals surface area contributed by atoms with E-state index in [1.807, 2.05) is 29.2 Å². The molecular formula is C20H28N4O2. The molecule has 2 N–H and O–H groups in total. The van der Waals surface area contributed by atoms with E-state index in [1.165, 1.54) is 0 Å². The first-order valence-electron chi connectivity index (χ1n) is 9.12. The summed E-state index contributed by atoms with van der Waals surface area (Å²) in [4.78, 5) is 19.0. The Bertz CT molecular complexity index is 776. The first-order valence-corrected chi connectivity index (χ1v) is 9.12. The molecular weight excluding hydrogens is 328 g/mol. The van der Waals surface area contributed by atoms with Crippen molar-refractivity contribution in [2.24, 2.45) is 16.6 Å². The van der Waals surface area contributed by atoms with Gasteiger partial charge in [0, 0.05) is 30.6 Å². The highest BCUT2D eigenvalue weighted by Gasteiger charge is 2.35. The smallest absolute Gasteiger partial charge is 0.253 e. The maximum Gasteiger partial charge on any atom is 0.253 e. The van der Waals surface area contributed by atoms with Gasteiger partial charge in [-0.3, -0.25) is 4.79 Å². The summed E-state index contributed by atoms with van der Waals surface area (Å²) in [6, 6.07) is 7.40. The fraction of sp³-hybridized carbons (Fsp3) is 0.550. The molecule has 1 amide bonds. The van der Waals surface area contributed by atoms with Gasteiger partial charge in [-0.15, -0.1) is 0 Å². The Hall–Kier alpha value is -2.21. The van der Waals surface area contributed by atoms with Crippen LogP contribution in [0.25, 0.3) is 11.4 Å². The fourth-order valence-corrected chi connectivity index (χ4v) is 3.21. The van der Waals surface area contributed by atoms with E-state index in [-0.39, 0.29) is 16.7 Å². The van der Waals surface area contributed by atoms with E-state index in [0.717, 1.165) is 24.9 Å². The van der Waals surface area contributed by atoms with Crippen molar-refractivity contribution < 1.29 is 9.32 Å². The molecule has 140 valence electrons. The number of carbonyl (C=O) groups excluding carboxylic acids is 1. The zero-order chi connectivity index (χ0) is 18.9. The van der Waals surface area contributed by atoms with Crippen LogP contribution >= 0.6 is 0 Å². The summed E-state index contributed by atoms with van der Waals surface area (Å²) in [7, 11) is 0. The lowest BCUT2D eigenvalue weighted by Gasteiger charge is -2.22. The molecule has 1 aliphatic rings. The lowest BCUT2D eigenvalue weighted by atomic mass is 9.90. The summed E-state index contributed by atoms with van der Waals surface area (Å²) >= 11 is 0. The van der Waals surface area contributed by atoms with Gasteiger partial charge in [-0.2, -0.15) is 4.98 Å². The van der Waals surface area contributed by atoms with Crippen LogP contribution in [-0.2, 0) is 6.42 Å². The van der Waals surface area contributed by atoms with Crippen molar-refractivity contribution in [3.8, 4) is 11.4 Å². The van der Waals surface area contributed by atoms with Crippen molar-refractivity contribution >= 4 is 5.91 Å². The maximum atomic E-state index is 12.7. The van der Waals surface area contributed by atoms with E-state index in [4.69, 9.17) is 10.3 Å². The summed E-state index contributed by atoms with van der Waals surface area (Å²) in [5, 5.41) is 4.06. The molecule has 1 fully saturated rings. The molecule has 26 heavy (non-hydrogen) atoms. The standard InChI is InChI=1S/C20H28N4O2/c1-19(2,3)11-16-22-17(23-26-16)14-5-7-15(8-6-14)18(25)24-10-9-20(4,12-21)13-24/h5-8H,9-13,21H2,1-4H3. The second kappa shape index (κ2) is 6.83. The van der Waals surface area contributed by atoms with E-state index in [0.29, 0.717) is 30.4 Å². The third kappa shape index (κ3) is 4.12. The molecule has 1 aromatic heterocycles. The zero-order valence-electron chi connectivity index (χ0n) is 16.1. The van der Waals surface area contributed by atoms with Crippen LogP contribution in [0.4, 0.5) is 0 Å². The number of amides is 1. The maximum absolute atomic E-state index is 12.7. The predicted molar refractivity (Wildman–Crippen MR) is 101 cm³/mol. The molecule has 2 aromatic rings. The summed E-state index contributed by atoms with van der Waals surface area (Å²) in [5.41, 5.74) is 7.48. The van der Waals surface area contributed by atoms with Crippen LogP contribution in [0.1, 0.15) is 50.4 Å². The summed E-state index contributed by atoms with van der Waals surface area (Å²) in [5.74, 6) is 1.24. The first kappa shape index (κ1) is 18.6. The normalized spacial score (nSPS) is 20.6. The largest absolute Gasteiger partial charge is 0.339 e. The summed E-state index contributed by atoms with van der Waals surface area (Å²) in [6.45, 7) is 10.6. The zero-order valence-corrected chi connectivity index (χ0v) is 16.1. The number of nitrogens with two attached hydrogens (primary N) is 1. The third-order valence-electron chi connectivity index (χ3n) is 4.88. The number of carbonyl (C=O) groups is 1. The van der Waals surface area contributed by atoms with Crippen molar-refractivity contribution in [3.05, 3.63) is 35.7 Å². The van der Waals surface area contributed by atoms with Crippen molar-refractivity contribution in [3.63, 3.8) is 0 Å². The first-order chi connectivity index (χ1) is 12.2. The highest BCUT2D eigenvalue weighted by atomic mass is 16.5. The van der Waals surface area contributed by atoms with Crippen LogP contribution in [-0.4, -0.2) is 40.6 Å². The van der Waals surface area contributed by atoms with Gasteiger partial charge in [0.15, 0.2) is 0 Å². The highest BCUT2D eigenvalue weighted by Crippen LogP contribution is 2.30. The molecule has 3 rings (SSSR count). The summed E-state index contributed by atoms with van der Waals surface area (Å²) in [6.07, 6.45) is 1.68. The Balaban J connectivity index is 1.70. The molecule has 0 spiro atoms. The number of nitrogens with zero attached hydrogens (tertiary/aromatic N) is 3. The molecule has 0 bridgehead atoms. The van der Waals surface area contributed by atoms with Gasteiger partial charge in [0.1, 0.15) is 0 Å². The number of likely N-dealkylation sites (tertiary alicyclic amines) is 1. The second-order valence-corrected chi connectivity index (χ2v) is 8.82. The van der Waals surface area contributed by atoms with Gasteiger partial charge in [-0.1, -0.05) is 45.0 Å². The molecule has 1 aliphatic heterocycles. The van der Waals surface area contributed by atoms with Crippen LogP contribution < -0.4 is 5.73 Å². The molecule has 1 atom stereocenters. The Labute approximate surface area is 154 Å². The van der Waals surface area contributed by atoms with Crippen LogP contribution in [0.5, 0.6) is 0 Å². The Morgan fingerprint density at radius 2 is 2.00 bits per heavy atom.